The second-order valence-electron chi connectivity index (χ2n) is 3.85. The van der Waals surface area contributed by atoms with Crippen LogP contribution in [0.1, 0.15) is 21.5 Å². The highest BCUT2D eigenvalue weighted by Gasteiger charge is 1.99. The summed E-state index contributed by atoms with van der Waals surface area (Å²) in [5, 5.41) is 17.9. The van der Waals surface area contributed by atoms with Crippen LogP contribution in [0.3, 0.4) is 0 Å². The molecule has 3 nitrogen and oxygen atoms in total. The van der Waals surface area contributed by atoms with Crippen LogP contribution in [0.5, 0.6) is 5.75 Å². The summed E-state index contributed by atoms with van der Waals surface area (Å²) in [4.78, 5) is 10.7. The Kier molecular flexibility index (Phi) is 3.44. The van der Waals surface area contributed by atoms with Crippen molar-refractivity contribution in [3.8, 4) is 5.75 Å². The Morgan fingerprint density at radius 2 is 1.28 bits per heavy atom. The minimum Gasteiger partial charge on any atom is -0.508 e. The van der Waals surface area contributed by atoms with E-state index in [1.54, 1.807) is 48.5 Å². The summed E-state index contributed by atoms with van der Waals surface area (Å²) in [7, 11) is 0. The fourth-order valence-electron chi connectivity index (χ4n) is 1.51. The molecule has 0 heterocycles. The first kappa shape index (κ1) is 11.9. The molecule has 0 aliphatic heterocycles. The Morgan fingerprint density at radius 1 is 0.833 bits per heavy atom. The summed E-state index contributed by atoms with van der Waals surface area (Å²) in [6.07, 6.45) is 3.78. The molecule has 0 spiro atoms. The molecule has 0 amide bonds. The normalized spacial score (nSPS) is 10.7. The highest BCUT2D eigenvalue weighted by Crippen LogP contribution is 2.13. The molecule has 0 saturated heterocycles. The van der Waals surface area contributed by atoms with Crippen LogP contribution in [0.4, 0.5) is 0 Å². The van der Waals surface area contributed by atoms with Crippen LogP contribution >= 0.6 is 0 Å². The lowest BCUT2D eigenvalue weighted by Crippen LogP contribution is -1.94. The van der Waals surface area contributed by atoms with Gasteiger partial charge in [-0.1, -0.05) is 36.4 Å². The molecule has 90 valence electrons. The van der Waals surface area contributed by atoms with Gasteiger partial charge in [0.1, 0.15) is 5.75 Å². The molecule has 0 saturated carbocycles. The summed E-state index contributed by atoms with van der Waals surface area (Å²) in [5.74, 6) is -0.693. The number of hydrogen-bond acceptors (Lipinski definition) is 2. The van der Waals surface area contributed by atoms with E-state index in [4.69, 9.17) is 10.2 Å². The zero-order valence-corrected chi connectivity index (χ0v) is 9.58. The van der Waals surface area contributed by atoms with Gasteiger partial charge in [-0.15, -0.1) is 0 Å². The van der Waals surface area contributed by atoms with Gasteiger partial charge in [-0.2, -0.15) is 0 Å². The van der Waals surface area contributed by atoms with E-state index in [0.29, 0.717) is 0 Å². The van der Waals surface area contributed by atoms with Crippen molar-refractivity contribution in [3.63, 3.8) is 0 Å². The number of phenolic OH excluding ortho intramolecular Hbond substituents is 1. The minimum absolute atomic E-state index is 0.234. The topological polar surface area (TPSA) is 57.5 Å². The molecule has 2 rings (SSSR count). The van der Waals surface area contributed by atoms with Gasteiger partial charge >= 0.3 is 5.97 Å². The molecule has 18 heavy (non-hydrogen) atoms. The molecule has 3 heteroatoms. The number of aromatic hydroxyl groups is 1. The van der Waals surface area contributed by atoms with E-state index >= 15 is 0 Å². The SMILES string of the molecule is O=C(O)c1ccc(C=Cc2ccc(O)cc2)cc1. The van der Waals surface area contributed by atoms with Crippen LogP contribution in [0.15, 0.2) is 48.5 Å². The van der Waals surface area contributed by atoms with Gasteiger partial charge in [-0.25, -0.2) is 4.79 Å². The first-order valence-electron chi connectivity index (χ1n) is 5.45. The van der Waals surface area contributed by atoms with Gasteiger partial charge < -0.3 is 10.2 Å². The quantitative estimate of drug-likeness (QED) is 0.809. The maximum atomic E-state index is 10.7. The largest absolute Gasteiger partial charge is 0.508 e. The van der Waals surface area contributed by atoms with E-state index in [1.807, 2.05) is 12.2 Å². The van der Waals surface area contributed by atoms with Crippen molar-refractivity contribution in [2.45, 2.75) is 0 Å². The number of carbonyl (C=O) groups is 1. The van der Waals surface area contributed by atoms with Gasteiger partial charge in [0.15, 0.2) is 0 Å². The van der Waals surface area contributed by atoms with Crippen molar-refractivity contribution in [1.29, 1.82) is 0 Å². The van der Waals surface area contributed by atoms with Crippen molar-refractivity contribution < 1.29 is 15.0 Å². The molecule has 0 unspecified atom stereocenters. The second kappa shape index (κ2) is 5.19. The van der Waals surface area contributed by atoms with Crippen LogP contribution < -0.4 is 0 Å². The molecule has 0 aliphatic carbocycles. The van der Waals surface area contributed by atoms with Gasteiger partial charge in [0.05, 0.1) is 5.56 Å². The number of rotatable bonds is 3. The Hall–Kier alpha value is -2.55. The van der Waals surface area contributed by atoms with Crippen LogP contribution in [-0.4, -0.2) is 16.2 Å². The average molecular weight is 240 g/mol. The number of phenols is 1. The molecule has 0 atom stereocenters. The van der Waals surface area contributed by atoms with Crippen LogP contribution in [0.25, 0.3) is 12.2 Å². The van der Waals surface area contributed by atoms with Crippen molar-refractivity contribution in [1.82, 2.24) is 0 Å². The standard InChI is InChI=1S/C15H12O3/c16-14-9-5-12(6-10-14)2-1-11-3-7-13(8-4-11)15(17)18/h1-10,16H,(H,17,18). The summed E-state index contributed by atoms with van der Waals surface area (Å²) in [6.45, 7) is 0. The van der Waals surface area contributed by atoms with Crippen molar-refractivity contribution in [3.05, 3.63) is 65.2 Å². The monoisotopic (exact) mass is 240 g/mol. The van der Waals surface area contributed by atoms with E-state index in [2.05, 4.69) is 0 Å². The van der Waals surface area contributed by atoms with Gasteiger partial charge in [0.25, 0.3) is 0 Å². The molecule has 2 aromatic carbocycles. The summed E-state index contributed by atoms with van der Waals surface area (Å²) < 4.78 is 0. The van der Waals surface area contributed by atoms with Crippen molar-refractivity contribution in [2.24, 2.45) is 0 Å². The molecular formula is C15H12O3. The number of benzene rings is 2. The van der Waals surface area contributed by atoms with Gasteiger partial charge in [0, 0.05) is 0 Å². The molecule has 0 radical (unpaired) electrons. The highest BCUT2D eigenvalue weighted by molar-refractivity contribution is 5.88. The zero-order valence-electron chi connectivity index (χ0n) is 9.58. The molecule has 0 bridgehead atoms. The van der Waals surface area contributed by atoms with Crippen molar-refractivity contribution in [2.75, 3.05) is 0 Å². The second-order valence-corrected chi connectivity index (χ2v) is 3.85. The fourth-order valence-corrected chi connectivity index (χ4v) is 1.51. The Balaban J connectivity index is 2.13. The lowest BCUT2D eigenvalue weighted by atomic mass is 10.1. The van der Waals surface area contributed by atoms with E-state index in [0.717, 1.165) is 11.1 Å². The number of carboxylic acids is 1. The Bertz CT molecular complexity index is 566. The fraction of sp³-hybridized carbons (Fsp3) is 0. The van der Waals surface area contributed by atoms with E-state index in [-0.39, 0.29) is 11.3 Å². The van der Waals surface area contributed by atoms with E-state index in [1.165, 1.54) is 0 Å². The highest BCUT2D eigenvalue weighted by atomic mass is 16.4. The first-order chi connectivity index (χ1) is 8.65. The molecule has 0 aromatic heterocycles. The summed E-state index contributed by atoms with van der Waals surface area (Å²) >= 11 is 0. The molecule has 0 aliphatic rings. The maximum absolute atomic E-state index is 10.7. The van der Waals surface area contributed by atoms with Crippen LogP contribution in [0, 0.1) is 0 Å². The third-order valence-electron chi connectivity index (χ3n) is 2.52. The Morgan fingerprint density at radius 3 is 1.72 bits per heavy atom. The van der Waals surface area contributed by atoms with E-state index in [9.17, 15) is 4.79 Å². The molecular weight excluding hydrogens is 228 g/mol. The average Bonchev–Trinajstić information content (AvgIpc) is 2.38. The maximum Gasteiger partial charge on any atom is 0.335 e. The number of aromatic carboxylic acids is 1. The van der Waals surface area contributed by atoms with Gasteiger partial charge in [-0.3, -0.25) is 0 Å². The smallest absolute Gasteiger partial charge is 0.335 e. The predicted molar refractivity (Wildman–Crippen MR) is 70.4 cm³/mol. The number of carboxylic acid groups (broad SMARTS) is 1. The minimum atomic E-state index is -0.927. The summed E-state index contributed by atoms with van der Waals surface area (Å²) in [5.41, 5.74) is 2.17. The van der Waals surface area contributed by atoms with Crippen LogP contribution in [-0.2, 0) is 0 Å². The summed E-state index contributed by atoms with van der Waals surface area (Å²) in [6, 6.07) is 13.5. The third kappa shape index (κ3) is 2.98. The predicted octanol–water partition coefficient (Wildman–Crippen LogP) is 3.26. The van der Waals surface area contributed by atoms with Gasteiger partial charge in [0.2, 0.25) is 0 Å². The number of hydrogen-bond donors (Lipinski definition) is 2. The van der Waals surface area contributed by atoms with Crippen molar-refractivity contribution >= 4 is 18.1 Å². The third-order valence-corrected chi connectivity index (χ3v) is 2.52. The zero-order chi connectivity index (χ0) is 13.0. The lowest BCUT2D eigenvalue weighted by Gasteiger charge is -1.97. The Labute approximate surface area is 105 Å². The van der Waals surface area contributed by atoms with Crippen LogP contribution in [0.2, 0.25) is 0 Å². The van der Waals surface area contributed by atoms with Gasteiger partial charge in [-0.05, 0) is 35.4 Å². The molecule has 2 aromatic rings. The molecule has 0 fully saturated rings. The van der Waals surface area contributed by atoms with E-state index < -0.39 is 5.97 Å². The first-order valence-corrected chi connectivity index (χ1v) is 5.45. The molecule has 2 N–H and O–H groups in total. The lowest BCUT2D eigenvalue weighted by molar-refractivity contribution is 0.0697.